The third-order valence-electron chi connectivity index (χ3n) is 5.95. The molecule has 170 valence electrons. The summed E-state index contributed by atoms with van der Waals surface area (Å²) >= 11 is 3.59. The minimum absolute atomic E-state index is 0.122. The summed E-state index contributed by atoms with van der Waals surface area (Å²) in [6, 6.07) is 11.9. The summed E-state index contributed by atoms with van der Waals surface area (Å²) in [4.78, 5) is 18.7. The Balaban J connectivity index is 1.30. The molecule has 1 saturated heterocycles. The lowest BCUT2D eigenvalue weighted by Crippen LogP contribution is -2.45. The second-order valence-electron chi connectivity index (χ2n) is 7.91. The molecule has 4 rings (SSSR count). The molecule has 1 aliphatic rings. The van der Waals surface area contributed by atoms with Gasteiger partial charge >= 0.3 is 5.97 Å². The third kappa shape index (κ3) is 5.74. The highest BCUT2D eigenvalue weighted by Crippen LogP contribution is 2.31. The minimum atomic E-state index is -0.704. The van der Waals surface area contributed by atoms with Crippen LogP contribution in [0.2, 0.25) is 0 Å². The van der Waals surface area contributed by atoms with Crippen LogP contribution in [0.4, 0.5) is 0 Å². The number of aromatic nitrogens is 1. The third-order valence-corrected chi connectivity index (χ3v) is 8.06. The van der Waals surface area contributed by atoms with Crippen LogP contribution in [0.1, 0.15) is 12.8 Å². The SMILES string of the molecule is COc1cnc2cccc(OCC[C@@H]3CCN(CCSc4cccs4)C[C@@H]3C(=O)O)c2c1. The lowest BCUT2D eigenvalue weighted by molar-refractivity contribution is -0.146. The quantitative estimate of drug-likeness (QED) is 0.421. The average molecular weight is 473 g/mol. The Kier molecular flexibility index (Phi) is 7.89. The van der Waals surface area contributed by atoms with Crippen LogP contribution in [-0.4, -0.2) is 60.1 Å². The molecule has 0 aliphatic carbocycles. The molecule has 32 heavy (non-hydrogen) atoms. The van der Waals surface area contributed by atoms with Crippen LogP contribution in [0.15, 0.2) is 52.2 Å². The maximum absolute atomic E-state index is 12.0. The minimum Gasteiger partial charge on any atom is -0.495 e. The van der Waals surface area contributed by atoms with Crippen LogP contribution >= 0.6 is 23.1 Å². The number of nitrogens with zero attached hydrogens (tertiary/aromatic N) is 2. The first-order valence-electron chi connectivity index (χ1n) is 10.8. The van der Waals surface area contributed by atoms with Gasteiger partial charge in [-0.3, -0.25) is 9.78 Å². The topological polar surface area (TPSA) is 71.9 Å². The number of likely N-dealkylation sites (tertiary alicyclic amines) is 1. The number of aliphatic carboxylic acids is 1. The first kappa shape index (κ1) is 22.9. The van der Waals surface area contributed by atoms with E-state index in [-0.39, 0.29) is 11.8 Å². The number of carboxylic acid groups (broad SMARTS) is 1. The predicted molar refractivity (Wildman–Crippen MR) is 129 cm³/mol. The van der Waals surface area contributed by atoms with E-state index in [0.29, 0.717) is 18.9 Å². The van der Waals surface area contributed by atoms with Crippen molar-refractivity contribution in [1.82, 2.24) is 9.88 Å². The van der Waals surface area contributed by atoms with Crippen molar-refractivity contribution in [3.63, 3.8) is 0 Å². The molecule has 0 amide bonds. The first-order chi connectivity index (χ1) is 15.6. The number of rotatable bonds is 10. The highest BCUT2D eigenvalue weighted by molar-refractivity contribution is 8.01. The number of ether oxygens (including phenoxy) is 2. The number of thioether (sulfide) groups is 1. The highest BCUT2D eigenvalue weighted by atomic mass is 32.2. The number of methoxy groups -OCH3 is 1. The van der Waals surface area contributed by atoms with Gasteiger partial charge in [-0.25, -0.2) is 0 Å². The molecule has 1 fully saturated rings. The van der Waals surface area contributed by atoms with E-state index in [1.54, 1.807) is 24.6 Å². The van der Waals surface area contributed by atoms with Crippen molar-refractivity contribution >= 4 is 40.0 Å². The Hall–Kier alpha value is -2.29. The lowest BCUT2D eigenvalue weighted by atomic mass is 9.83. The van der Waals surface area contributed by atoms with Gasteiger partial charge < -0.3 is 19.5 Å². The van der Waals surface area contributed by atoms with E-state index >= 15 is 0 Å². The summed E-state index contributed by atoms with van der Waals surface area (Å²) in [7, 11) is 1.62. The van der Waals surface area contributed by atoms with Crippen molar-refractivity contribution in [1.29, 1.82) is 0 Å². The maximum atomic E-state index is 12.0. The van der Waals surface area contributed by atoms with Gasteiger partial charge in [-0.1, -0.05) is 12.1 Å². The molecule has 0 spiro atoms. The highest BCUT2D eigenvalue weighted by Gasteiger charge is 2.34. The summed E-state index contributed by atoms with van der Waals surface area (Å²) in [5, 5.41) is 12.8. The summed E-state index contributed by atoms with van der Waals surface area (Å²) in [5.41, 5.74) is 0.848. The van der Waals surface area contributed by atoms with E-state index in [9.17, 15) is 9.90 Å². The number of pyridine rings is 1. The zero-order chi connectivity index (χ0) is 22.3. The second kappa shape index (κ2) is 11.0. The molecule has 3 heterocycles. The van der Waals surface area contributed by atoms with E-state index in [4.69, 9.17) is 9.47 Å². The first-order valence-corrected chi connectivity index (χ1v) is 12.7. The molecule has 0 bridgehead atoms. The monoisotopic (exact) mass is 472 g/mol. The van der Waals surface area contributed by atoms with Gasteiger partial charge in [-0.05, 0) is 54.9 Å². The molecular formula is C24H28N2O4S2. The van der Waals surface area contributed by atoms with Crippen LogP contribution in [0, 0.1) is 11.8 Å². The largest absolute Gasteiger partial charge is 0.495 e. The molecule has 6 nitrogen and oxygen atoms in total. The van der Waals surface area contributed by atoms with Crippen LogP contribution in [0.5, 0.6) is 11.5 Å². The van der Waals surface area contributed by atoms with Gasteiger partial charge in [0.25, 0.3) is 0 Å². The van der Waals surface area contributed by atoms with E-state index in [0.717, 1.165) is 48.3 Å². The zero-order valence-electron chi connectivity index (χ0n) is 18.1. The van der Waals surface area contributed by atoms with E-state index in [2.05, 4.69) is 27.4 Å². The van der Waals surface area contributed by atoms with Crippen molar-refractivity contribution in [3.8, 4) is 11.5 Å². The molecule has 1 aromatic carbocycles. The fraction of sp³-hybridized carbons (Fsp3) is 0.417. The molecule has 2 atom stereocenters. The summed E-state index contributed by atoms with van der Waals surface area (Å²) < 4.78 is 12.7. The summed E-state index contributed by atoms with van der Waals surface area (Å²) in [5.74, 6) is 1.49. The number of hydrogen-bond donors (Lipinski definition) is 1. The maximum Gasteiger partial charge on any atom is 0.308 e. The van der Waals surface area contributed by atoms with Gasteiger partial charge in [-0.15, -0.1) is 23.1 Å². The van der Waals surface area contributed by atoms with Crippen molar-refractivity contribution in [2.24, 2.45) is 11.8 Å². The Labute approximate surface area is 196 Å². The van der Waals surface area contributed by atoms with Gasteiger partial charge in [0.2, 0.25) is 0 Å². The van der Waals surface area contributed by atoms with Crippen LogP contribution in [0.25, 0.3) is 10.9 Å². The Bertz CT molecular complexity index is 1030. The van der Waals surface area contributed by atoms with Crippen LogP contribution in [0.3, 0.4) is 0 Å². The van der Waals surface area contributed by atoms with E-state index < -0.39 is 5.97 Å². The van der Waals surface area contributed by atoms with Crippen LogP contribution < -0.4 is 9.47 Å². The number of piperidine rings is 1. The fourth-order valence-electron chi connectivity index (χ4n) is 4.18. The molecule has 1 aliphatic heterocycles. The van der Waals surface area contributed by atoms with E-state index in [1.807, 2.05) is 36.0 Å². The standard InChI is InChI=1S/C24H28N2O4S2/c1-29-18-14-19-21(25-15-18)4-2-5-22(19)30-11-8-17-7-9-26(16-20(17)24(27)28)10-13-32-23-6-3-12-31-23/h2-6,12,14-15,17,20H,7-11,13,16H2,1H3,(H,27,28)/t17-,20-/m0/s1. The van der Waals surface area contributed by atoms with Crippen molar-refractivity contribution < 1.29 is 19.4 Å². The molecule has 0 unspecified atom stereocenters. The molecule has 8 heteroatoms. The van der Waals surface area contributed by atoms with Crippen molar-refractivity contribution in [2.75, 3.05) is 39.1 Å². The molecule has 2 aromatic heterocycles. The Morgan fingerprint density at radius 2 is 2.25 bits per heavy atom. The number of thiophene rings is 1. The number of fused-ring (bicyclic) bond motifs is 1. The average Bonchev–Trinajstić information content (AvgIpc) is 3.33. The van der Waals surface area contributed by atoms with Gasteiger partial charge in [0, 0.05) is 24.2 Å². The normalized spacial score (nSPS) is 19.2. The summed E-state index contributed by atoms with van der Waals surface area (Å²) in [6.07, 6.45) is 3.30. The molecular weight excluding hydrogens is 444 g/mol. The number of carboxylic acids is 1. The number of carbonyl (C=O) groups is 1. The molecule has 1 N–H and O–H groups in total. The van der Waals surface area contributed by atoms with Gasteiger partial charge in [0.15, 0.2) is 0 Å². The van der Waals surface area contributed by atoms with E-state index in [1.165, 1.54) is 4.21 Å². The van der Waals surface area contributed by atoms with Gasteiger partial charge in [0.1, 0.15) is 11.5 Å². The van der Waals surface area contributed by atoms with Gasteiger partial charge in [-0.2, -0.15) is 0 Å². The molecule has 3 aromatic rings. The number of hydrogen-bond acceptors (Lipinski definition) is 7. The molecule has 0 radical (unpaired) electrons. The van der Waals surface area contributed by atoms with Crippen molar-refractivity contribution in [3.05, 3.63) is 48.0 Å². The van der Waals surface area contributed by atoms with Gasteiger partial charge in [0.05, 0.1) is 35.6 Å². The smallest absolute Gasteiger partial charge is 0.308 e. The number of benzene rings is 1. The fourth-order valence-corrected chi connectivity index (χ4v) is 6.04. The lowest BCUT2D eigenvalue weighted by Gasteiger charge is -2.36. The summed E-state index contributed by atoms with van der Waals surface area (Å²) in [6.45, 7) is 2.95. The zero-order valence-corrected chi connectivity index (χ0v) is 19.7. The van der Waals surface area contributed by atoms with Crippen LogP contribution in [-0.2, 0) is 4.79 Å². The Morgan fingerprint density at radius 3 is 3.03 bits per heavy atom. The molecule has 0 saturated carbocycles. The Morgan fingerprint density at radius 1 is 1.34 bits per heavy atom. The predicted octanol–water partition coefficient (Wildman–Crippen LogP) is 4.89. The second-order valence-corrected chi connectivity index (χ2v) is 10.3. The van der Waals surface area contributed by atoms with Crippen molar-refractivity contribution in [2.45, 2.75) is 17.1 Å².